The lowest BCUT2D eigenvalue weighted by Crippen LogP contribution is -2.41. The molecule has 2 aromatic rings. The molecule has 1 unspecified atom stereocenters. The number of benzene rings is 2. The van der Waals surface area contributed by atoms with Crippen LogP contribution in [0.3, 0.4) is 0 Å². The molecule has 1 aliphatic rings. The van der Waals surface area contributed by atoms with Gasteiger partial charge in [0.05, 0.1) is 0 Å². The summed E-state index contributed by atoms with van der Waals surface area (Å²) in [6, 6.07) is 13.6. The summed E-state index contributed by atoms with van der Waals surface area (Å²) in [6.07, 6.45) is 2.98. The molecule has 7 nitrogen and oxygen atoms in total. The lowest BCUT2D eigenvalue weighted by molar-refractivity contribution is 0.0545. The van der Waals surface area contributed by atoms with Crippen LogP contribution < -0.4 is 4.74 Å². The summed E-state index contributed by atoms with van der Waals surface area (Å²) in [5, 5.41) is 10.7. The number of phosphoric acid groups is 1. The number of phenols is 1. The minimum atomic E-state index is -4.51. The van der Waals surface area contributed by atoms with Crippen LogP contribution in [0.2, 0.25) is 0 Å². The van der Waals surface area contributed by atoms with E-state index in [0.717, 1.165) is 29.5 Å². The second kappa shape index (κ2) is 9.74. The van der Waals surface area contributed by atoms with E-state index in [9.17, 15) is 9.67 Å². The standard InChI is InChI=1S/C21H28NO6P/c1-2-12-22(15-28-29(24,25)26)18-9-10-19-17(13-18)8-11-20(21(19)23)27-14-16-6-4-3-5-7-16/h3-8,11,18,23H,2,9-10,12-15H2,1H3,(H2,24,25,26). The van der Waals surface area contributed by atoms with E-state index in [1.165, 1.54) is 0 Å². The van der Waals surface area contributed by atoms with Gasteiger partial charge in [0, 0.05) is 18.2 Å². The normalized spacial score (nSPS) is 16.6. The number of ether oxygens (including phenoxy) is 1. The lowest BCUT2D eigenvalue weighted by atomic mass is 9.86. The third-order valence-corrected chi connectivity index (χ3v) is 5.63. The first kappa shape index (κ1) is 21.8. The Hall–Kier alpha value is -1.89. The molecule has 0 saturated carbocycles. The van der Waals surface area contributed by atoms with Gasteiger partial charge >= 0.3 is 7.82 Å². The van der Waals surface area contributed by atoms with Crippen LogP contribution in [-0.2, 0) is 28.5 Å². The van der Waals surface area contributed by atoms with Crippen molar-refractivity contribution in [3.8, 4) is 11.5 Å². The highest BCUT2D eigenvalue weighted by Crippen LogP contribution is 2.39. The van der Waals surface area contributed by atoms with E-state index >= 15 is 0 Å². The highest BCUT2D eigenvalue weighted by molar-refractivity contribution is 7.46. The Bertz CT molecular complexity index is 854. The first-order chi connectivity index (χ1) is 13.9. The Balaban J connectivity index is 1.68. The Kier molecular flexibility index (Phi) is 7.33. The maximum atomic E-state index is 11.1. The lowest BCUT2D eigenvalue weighted by Gasteiger charge is -2.35. The van der Waals surface area contributed by atoms with Gasteiger partial charge in [-0.2, -0.15) is 0 Å². The summed E-state index contributed by atoms with van der Waals surface area (Å²) >= 11 is 0. The summed E-state index contributed by atoms with van der Waals surface area (Å²) in [5.74, 6) is 0.659. The van der Waals surface area contributed by atoms with E-state index < -0.39 is 7.82 Å². The molecule has 0 fully saturated rings. The monoisotopic (exact) mass is 421 g/mol. The predicted octanol–water partition coefficient (Wildman–Crippen LogP) is 3.61. The molecule has 1 aliphatic carbocycles. The molecular weight excluding hydrogens is 393 g/mol. The molecule has 8 heteroatoms. The number of phenolic OH excluding ortho intramolecular Hbond substituents is 1. The largest absolute Gasteiger partial charge is 0.504 e. The van der Waals surface area contributed by atoms with Crippen molar-refractivity contribution in [3.63, 3.8) is 0 Å². The summed E-state index contributed by atoms with van der Waals surface area (Å²) < 4.78 is 21.6. The van der Waals surface area contributed by atoms with Crippen LogP contribution in [0.25, 0.3) is 0 Å². The minimum Gasteiger partial charge on any atom is -0.504 e. The number of fused-ring (bicyclic) bond motifs is 1. The third kappa shape index (κ3) is 6.04. The number of rotatable bonds is 9. The molecule has 29 heavy (non-hydrogen) atoms. The molecule has 0 heterocycles. The van der Waals surface area contributed by atoms with Gasteiger partial charge in [0.1, 0.15) is 13.3 Å². The molecule has 0 aliphatic heterocycles. The summed E-state index contributed by atoms with van der Waals surface area (Å²) in [5.41, 5.74) is 2.95. The zero-order valence-corrected chi connectivity index (χ0v) is 17.4. The minimum absolute atomic E-state index is 0.101. The van der Waals surface area contributed by atoms with Crippen LogP contribution in [-0.4, -0.2) is 39.1 Å². The average molecular weight is 421 g/mol. The van der Waals surface area contributed by atoms with E-state index in [0.29, 0.717) is 31.7 Å². The molecule has 3 rings (SSSR count). The second-order valence-corrected chi connectivity index (χ2v) is 8.52. The maximum Gasteiger partial charge on any atom is 0.470 e. The van der Waals surface area contributed by atoms with E-state index in [4.69, 9.17) is 19.0 Å². The average Bonchev–Trinajstić information content (AvgIpc) is 2.70. The van der Waals surface area contributed by atoms with Crippen LogP contribution in [0.4, 0.5) is 0 Å². The van der Waals surface area contributed by atoms with Crippen LogP contribution >= 0.6 is 7.82 Å². The molecule has 0 amide bonds. The number of hydrogen-bond acceptors (Lipinski definition) is 5. The fourth-order valence-corrected chi connectivity index (χ4v) is 4.04. The zero-order valence-electron chi connectivity index (χ0n) is 16.5. The van der Waals surface area contributed by atoms with Gasteiger partial charge in [0.2, 0.25) is 0 Å². The van der Waals surface area contributed by atoms with Crippen molar-refractivity contribution in [1.29, 1.82) is 0 Å². The van der Waals surface area contributed by atoms with Crippen molar-refractivity contribution < 1.29 is 28.7 Å². The molecule has 3 N–H and O–H groups in total. The number of phosphoric ester groups is 1. The first-order valence-corrected chi connectivity index (χ1v) is 11.3. The van der Waals surface area contributed by atoms with E-state index in [-0.39, 0.29) is 18.5 Å². The van der Waals surface area contributed by atoms with Crippen LogP contribution in [0, 0.1) is 0 Å². The zero-order chi connectivity index (χ0) is 20.9. The van der Waals surface area contributed by atoms with E-state index in [1.807, 2.05) is 48.2 Å². The Morgan fingerprint density at radius 3 is 2.62 bits per heavy atom. The van der Waals surface area contributed by atoms with Crippen molar-refractivity contribution in [2.45, 2.75) is 45.3 Å². The third-order valence-electron chi connectivity index (χ3n) is 5.18. The summed E-state index contributed by atoms with van der Waals surface area (Å²) in [6.45, 7) is 2.98. The van der Waals surface area contributed by atoms with Crippen molar-refractivity contribution in [1.82, 2.24) is 4.90 Å². The highest BCUT2D eigenvalue weighted by atomic mass is 31.2. The van der Waals surface area contributed by atoms with Gasteiger partial charge in [-0.25, -0.2) is 4.57 Å². The SMILES string of the molecule is CCCN(COP(=O)(O)O)C1CCc2c(ccc(OCc3ccccc3)c2O)C1. The molecule has 0 bridgehead atoms. The molecule has 2 aromatic carbocycles. The predicted molar refractivity (Wildman–Crippen MR) is 110 cm³/mol. The van der Waals surface area contributed by atoms with Gasteiger partial charge < -0.3 is 19.6 Å². The Labute approximate surface area is 171 Å². The smallest absolute Gasteiger partial charge is 0.470 e. The van der Waals surface area contributed by atoms with Gasteiger partial charge in [-0.3, -0.25) is 9.42 Å². The quantitative estimate of drug-likeness (QED) is 0.420. The van der Waals surface area contributed by atoms with Crippen molar-refractivity contribution in [3.05, 3.63) is 59.2 Å². The number of hydrogen-bond donors (Lipinski definition) is 3. The Morgan fingerprint density at radius 1 is 1.17 bits per heavy atom. The molecule has 0 spiro atoms. The molecule has 0 aromatic heterocycles. The van der Waals surface area contributed by atoms with Gasteiger partial charge in [0.15, 0.2) is 11.5 Å². The topological polar surface area (TPSA) is 99.5 Å². The molecule has 0 radical (unpaired) electrons. The van der Waals surface area contributed by atoms with Crippen LogP contribution in [0.5, 0.6) is 11.5 Å². The van der Waals surface area contributed by atoms with E-state index in [1.54, 1.807) is 6.07 Å². The fraction of sp³-hybridized carbons (Fsp3) is 0.429. The van der Waals surface area contributed by atoms with Gasteiger partial charge in [0.25, 0.3) is 0 Å². The van der Waals surface area contributed by atoms with Crippen molar-refractivity contribution in [2.75, 3.05) is 13.3 Å². The highest BCUT2D eigenvalue weighted by Gasteiger charge is 2.28. The number of aromatic hydroxyl groups is 1. The second-order valence-electron chi connectivity index (χ2n) is 7.28. The fourth-order valence-electron chi connectivity index (χ4n) is 3.75. The van der Waals surface area contributed by atoms with Crippen molar-refractivity contribution >= 4 is 7.82 Å². The maximum absolute atomic E-state index is 11.1. The van der Waals surface area contributed by atoms with Crippen molar-refractivity contribution in [2.24, 2.45) is 0 Å². The number of nitrogens with zero attached hydrogens (tertiary/aromatic N) is 1. The summed E-state index contributed by atoms with van der Waals surface area (Å²) in [4.78, 5) is 20.0. The van der Waals surface area contributed by atoms with E-state index in [2.05, 4.69) is 0 Å². The Morgan fingerprint density at radius 2 is 1.93 bits per heavy atom. The molecule has 158 valence electrons. The molecule has 0 saturated heterocycles. The van der Waals surface area contributed by atoms with Crippen LogP contribution in [0.15, 0.2) is 42.5 Å². The van der Waals surface area contributed by atoms with Gasteiger partial charge in [-0.05, 0) is 42.9 Å². The summed E-state index contributed by atoms with van der Waals surface area (Å²) in [7, 11) is -4.51. The molecular formula is C21H28NO6P. The van der Waals surface area contributed by atoms with Gasteiger partial charge in [-0.1, -0.05) is 43.3 Å². The molecule has 1 atom stereocenters. The van der Waals surface area contributed by atoms with Gasteiger partial charge in [-0.15, -0.1) is 0 Å². The van der Waals surface area contributed by atoms with Crippen LogP contribution in [0.1, 0.15) is 36.5 Å². The first-order valence-electron chi connectivity index (χ1n) is 9.82.